The van der Waals surface area contributed by atoms with Crippen molar-refractivity contribution in [1.29, 1.82) is 0 Å². The molecule has 0 bridgehead atoms. The third-order valence-electron chi connectivity index (χ3n) is 1.74. The van der Waals surface area contributed by atoms with Crippen LogP contribution in [0.15, 0.2) is 24.3 Å². The molecule has 1 heteroatoms. The highest BCUT2D eigenvalue weighted by molar-refractivity contribution is 14.1. The maximum atomic E-state index is 3.19. The van der Waals surface area contributed by atoms with E-state index in [0.29, 0.717) is 0 Å². The van der Waals surface area contributed by atoms with Crippen LogP contribution in [0, 0.1) is 15.4 Å². The van der Waals surface area contributed by atoms with E-state index in [9.17, 15) is 0 Å². The van der Waals surface area contributed by atoms with Crippen molar-refractivity contribution in [3.63, 3.8) is 0 Å². The fourth-order valence-electron chi connectivity index (χ4n) is 1.01. The molecule has 0 spiro atoms. The summed E-state index contributed by atoms with van der Waals surface area (Å²) in [5.41, 5.74) is 1.34. The van der Waals surface area contributed by atoms with Crippen LogP contribution >= 0.6 is 22.6 Å². The number of unbranched alkanes of at least 4 members (excludes halogenated alkanes) is 1. The highest BCUT2D eigenvalue weighted by atomic mass is 127. The average molecular weight is 284 g/mol. The molecule has 0 atom stereocenters. The number of hydrogen-bond acceptors (Lipinski definition) is 0. The lowest BCUT2D eigenvalue weighted by Crippen LogP contribution is -1.85. The molecule has 0 saturated heterocycles. The Hall–Kier alpha value is -0.490. The molecule has 0 aliphatic heterocycles. The summed E-state index contributed by atoms with van der Waals surface area (Å²) in [5, 5.41) is 0. The van der Waals surface area contributed by atoms with Crippen molar-refractivity contribution < 1.29 is 0 Å². The van der Waals surface area contributed by atoms with Gasteiger partial charge in [0.2, 0.25) is 0 Å². The van der Waals surface area contributed by atoms with Crippen molar-refractivity contribution in [1.82, 2.24) is 0 Å². The second-order valence-electron chi connectivity index (χ2n) is 2.87. The summed E-state index contributed by atoms with van der Waals surface area (Å²) in [6.07, 6.45) is 3.06. The van der Waals surface area contributed by atoms with E-state index in [1.165, 1.54) is 9.13 Å². The Morgan fingerprint density at radius 1 is 1.23 bits per heavy atom. The van der Waals surface area contributed by atoms with Crippen LogP contribution in [0.5, 0.6) is 0 Å². The van der Waals surface area contributed by atoms with E-state index in [-0.39, 0.29) is 0 Å². The Kier molecular flexibility index (Phi) is 4.92. The first kappa shape index (κ1) is 10.6. The molecule has 0 nitrogen and oxygen atoms in total. The Balaban J connectivity index is 2.56. The van der Waals surface area contributed by atoms with Gasteiger partial charge in [-0.05, 0) is 40.6 Å². The molecule has 1 aromatic carbocycles. The fourth-order valence-corrected chi connectivity index (χ4v) is 1.59. The maximum Gasteiger partial charge on any atom is 0.0350 e. The predicted octanol–water partition coefficient (Wildman–Crippen LogP) is 3.64. The van der Waals surface area contributed by atoms with Crippen LogP contribution in [-0.2, 0) is 6.42 Å². The molecule has 0 radical (unpaired) electrons. The van der Waals surface area contributed by atoms with Gasteiger partial charge in [0, 0.05) is 16.4 Å². The molecule has 0 heterocycles. The highest BCUT2D eigenvalue weighted by Gasteiger charge is 1.93. The largest absolute Gasteiger partial charge is 0.103 e. The summed E-state index contributed by atoms with van der Waals surface area (Å²) in [4.78, 5) is 0. The number of halogens is 1. The van der Waals surface area contributed by atoms with E-state index in [4.69, 9.17) is 0 Å². The van der Waals surface area contributed by atoms with Gasteiger partial charge in [-0.1, -0.05) is 31.0 Å². The second kappa shape index (κ2) is 6.04. The lowest BCUT2D eigenvalue weighted by molar-refractivity contribution is 0.981. The van der Waals surface area contributed by atoms with Crippen molar-refractivity contribution in [3.05, 3.63) is 33.4 Å². The van der Waals surface area contributed by atoms with E-state index in [0.717, 1.165) is 19.3 Å². The normalized spacial score (nSPS) is 9.08. The molecule has 68 valence electrons. The van der Waals surface area contributed by atoms with Crippen molar-refractivity contribution in [2.24, 2.45) is 0 Å². The lowest BCUT2D eigenvalue weighted by atomic mass is 10.1. The molecule has 0 unspecified atom stereocenters. The molecule has 0 aromatic heterocycles. The lowest BCUT2D eigenvalue weighted by Gasteiger charge is -1.97. The van der Waals surface area contributed by atoms with E-state index in [1.54, 1.807) is 0 Å². The molecular weight excluding hydrogens is 271 g/mol. The first-order valence-corrected chi connectivity index (χ1v) is 5.61. The summed E-state index contributed by atoms with van der Waals surface area (Å²) in [7, 11) is 0. The van der Waals surface area contributed by atoms with Gasteiger partial charge in [0.1, 0.15) is 0 Å². The van der Waals surface area contributed by atoms with E-state index < -0.39 is 0 Å². The van der Waals surface area contributed by atoms with E-state index in [1.807, 2.05) is 0 Å². The summed E-state index contributed by atoms with van der Waals surface area (Å²) < 4.78 is 1.31. The molecule has 1 aromatic rings. The van der Waals surface area contributed by atoms with Crippen LogP contribution in [0.2, 0.25) is 0 Å². The third-order valence-corrected chi connectivity index (χ3v) is 2.79. The van der Waals surface area contributed by atoms with Crippen LogP contribution in [0.4, 0.5) is 0 Å². The minimum Gasteiger partial charge on any atom is -0.103 e. The fraction of sp³-hybridized carbons (Fsp3) is 0.333. The second-order valence-corrected chi connectivity index (χ2v) is 4.03. The average Bonchev–Trinajstić information content (AvgIpc) is 2.15. The summed E-state index contributed by atoms with van der Waals surface area (Å²) in [5.74, 6) is 6.35. The first-order chi connectivity index (χ1) is 6.34. The molecule has 0 amide bonds. The van der Waals surface area contributed by atoms with Crippen LogP contribution in [-0.4, -0.2) is 0 Å². The molecule has 0 aliphatic rings. The predicted molar refractivity (Wildman–Crippen MR) is 65.5 cm³/mol. The van der Waals surface area contributed by atoms with Crippen molar-refractivity contribution in [2.75, 3.05) is 0 Å². The Morgan fingerprint density at radius 2 is 2.00 bits per heavy atom. The number of hydrogen-bond donors (Lipinski definition) is 0. The highest BCUT2D eigenvalue weighted by Crippen LogP contribution is 2.11. The molecule has 0 fully saturated rings. The summed E-state index contributed by atoms with van der Waals surface area (Å²) in [6, 6.07) is 8.39. The molecule has 13 heavy (non-hydrogen) atoms. The maximum absolute atomic E-state index is 3.19. The smallest absolute Gasteiger partial charge is 0.0350 e. The van der Waals surface area contributed by atoms with Gasteiger partial charge in [0.25, 0.3) is 0 Å². The zero-order valence-electron chi connectivity index (χ0n) is 7.81. The zero-order valence-corrected chi connectivity index (χ0v) is 9.97. The van der Waals surface area contributed by atoms with Crippen LogP contribution < -0.4 is 0 Å². The van der Waals surface area contributed by atoms with Crippen LogP contribution in [0.25, 0.3) is 0 Å². The minimum absolute atomic E-state index is 0.888. The molecule has 0 N–H and O–H groups in total. The zero-order chi connectivity index (χ0) is 9.52. The summed E-state index contributed by atoms with van der Waals surface area (Å²) in [6.45, 7) is 2.15. The van der Waals surface area contributed by atoms with Crippen molar-refractivity contribution in [3.8, 4) is 11.8 Å². The van der Waals surface area contributed by atoms with E-state index >= 15 is 0 Å². The van der Waals surface area contributed by atoms with Gasteiger partial charge in [0.05, 0.1) is 0 Å². The topological polar surface area (TPSA) is 0 Å². The summed E-state index contributed by atoms with van der Waals surface area (Å²) >= 11 is 2.35. The quantitative estimate of drug-likeness (QED) is 0.574. The SMILES string of the molecule is CCCC#CCc1ccccc1I. The van der Waals surface area contributed by atoms with Gasteiger partial charge in [-0.25, -0.2) is 0 Å². The van der Waals surface area contributed by atoms with Gasteiger partial charge in [-0.3, -0.25) is 0 Å². The van der Waals surface area contributed by atoms with Crippen molar-refractivity contribution >= 4 is 22.6 Å². The van der Waals surface area contributed by atoms with Crippen LogP contribution in [0.3, 0.4) is 0 Å². The first-order valence-electron chi connectivity index (χ1n) is 4.53. The van der Waals surface area contributed by atoms with Gasteiger partial charge < -0.3 is 0 Å². The monoisotopic (exact) mass is 284 g/mol. The molecular formula is C12H13I. The minimum atomic E-state index is 0.888. The van der Waals surface area contributed by atoms with Gasteiger partial charge >= 0.3 is 0 Å². The third kappa shape index (κ3) is 3.82. The Bertz CT molecular complexity index is 317. The van der Waals surface area contributed by atoms with Gasteiger partial charge in [-0.2, -0.15) is 0 Å². The van der Waals surface area contributed by atoms with Crippen LogP contribution in [0.1, 0.15) is 25.3 Å². The van der Waals surface area contributed by atoms with Crippen molar-refractivity contribution in [2.45, 2.75) is 26.2 Å². The standard InChI is InChI=1S/C12H13I/c1-2-3-4-5-8-11-9-6-7-10-12(11)13/h6-7,9-10H,2-3,8H2,1H3. The number of rotatable bonds is 2. The Morgan fingerprint density at radius 3 is 2.69 bits per heavy atom. The Labute approximate surface area is 93.9 Å². The molecule has 1 rings (SSSR count). The van der Waals surface area contributed by atoms with Gasteiger partial charge in [0.15, 0.2) is 0 Å². The molecule has 0 saturated carbocycles. The molecule has 0 aliphatic carbocycles. The number of benzene rings is 1. The van der Waals surface area contributed by atoms with E-state index in [2.05, 4.69) is 65.6 Å². The van der Waals surface area contributed by atoms with Gasteiger partial charge in [-0.15, -0.1) is 5.92 Å².